The van der Waals surface area contributed by atoms with E-state index in [1.54, 1.807) is 6.08 Å². The highest BCUT2D eigenvalue weighted by Gasteiger charge is 2.01. The Bertz CT molecular complexity index is 324. The molecule has 1 heteroatoms. The maximum absolute atomic E-state index is 4.33. The molecule has 0 radical (unpaired) electrons. The van der Waals surface area contributed by atoms with Gasteiger partial charge in [-0.15, -0.1) is 0 Å². The van der Waals surface area contributed by atoms with E-state index in [-0.39, 0.29) is 0 Å². The van der Waals surface area contributed by atoms with Crippen LogP contribution in [0.3, 0.4) is 0 Å². The van der Waals surface area contributed by atoms with Gasteiger partial charge in [0.2, 0.25) is 0 Å². The summed E-state index contributed by atoms with van der Waals surface area (Å²) in [5.74, 6) is 0. The predicted octanol–water partition coefficient (Wildman–Crippen LogP) is 2.98. The molecule has 1 aromatic heterocycles. The summed E-state index contributed by atoms with van der Waals surface area (Å²) in [5, 5.41) is 0. The first-order valence-electron chi connectivity index (χ1n) is 3.92. The van der Waals surface area contributed by atoms with Crippen LogP contribution in [0.4, 0.5) is 0 Å². The summed E-state index contributed by atoms with van der Waals surface area (Å²) in [6, 6.07) is 2.05. The van der Waals surface area contributed by atoms with Crippen molar-refractivity contribution in [2.45, 2.75) is 13.8 Å². The average molecular weight is 159 g/mol. The average Bonchev–Trinajstić information content (AvgIpc) is 2.03. The quantitative estimate of drug-likeness (QED) is 0.646. The van der Waals surface area contributed by atoms with E-state index in [4.69, 9.17) is 0 Å². The Hall–Kier alpha value is -1.37. The lowest BCUT2D eigenvalue weighted by atomic mass is 10.1. The molecule has 0 bridgehead atoms. The van der Waals surface area contributed by atoms with Crippen LogP contribution in [0.2, 0.25) is 0 Å². The molecule has 0 saturated heterocycles. The molecule has 0 aliphatic rings. The van der Waals surface area contributed by atoms with Crippen molar-refractivity contribution in [3.8, 4) is 0 Å². The lowest BCUT2D eigenvalue weighted by molar-refractivity contribution is 1.15. The van der Waals surface area contributed by atoms with Crippen LogP contribution in [0, 0.1) is 13.8 Å². The smallest absolute Gasteiger partial charge is 0.0701 e. The van der Waals surface area contributed by atoms with Crippen LogP contribution in [0.25, 0.3) is 12.2 Å². The molecule has 0 atom stereocenters. The minimum absolute atomic E-state index is 0.919. The zero-order valence-electron chi connectivity index (χ0n) is 7.59. The summed E-state index contributed by atoms with van der Waals surface area (Å²) in [4.78, 5) is 4.33. The van der Waals surface area contributed by atoms with Crippen molar-refractivity contribution in [2.24, 2.45) is 0 Å². The molecule has 1 heterocycles. The van der Waals surface area contributed by atoms with Crippen molar-refractivity contribution in [1.82, 2.24) is 4.98 Å². The van der Waals surface area contributed by atoms with Gasteiger partial charge in [0.05, 0.1) is 5.69 Å². The zero-order chi connectivity index (χ0) is 9.14. The van der Waals surface area contributed by atoms with Crippen LogP contribution in [-0.4, -0.2) is 4.98 Å². The minimum Gasteiger partial charge on any atom is -0.253 e. The topological polar surface area (TPSA) is 12.9 Å². The summed E-state index contributed by atoms with van der Waals surface area (Å²) < 4.78 is 0. The highest BCUT2D eigenvalue weighted by Crippen LogP contribution is 2.15. The molecule has 0 aliphatic carbocycles. The van der Waals surface area contributed by atoms with Crippen LogP contribution >= 0.6 is 0 Å². The highest BCUT2D eigenvalue weighted by molar-refractivity contribution is 5.63. The second kappa shape index (κ2) is 3.35. The number of hydrogen-bond donors (Lipinski definition) is 0. The molecule has 0 amide bonds. The number of aryl methyl sites for hydroxylation is 2. The highest BCUT2D eigenvalue weighted by atomic mass is 14.7. The van der Waals surface area contributed by atoms with Gasteiger partial charge in [-0.25, -0.2) is 0 Å². The number of hydrogen-bond acceptors (Lipinski definition) is 1. The first-order chi connectivity index (χ1) is 5.69. The van der Waals surface area contributed by atoms with Gasteiger partial charge in [0.15, 0.2) is 0 Å². The second-order valence-corrected chi connectivity index (χ2v) is 2.79. The maximum Gasteiger partial charge on any atom is 0.0701 e. The lowest BCUT2D eigenvalue weighted by Gasteiger charge is -2.05. The van der Waals surface area contributed by atoms with E-state index in [2.05, 4.69) is 25.1 Å². The van der Waals surface area contributed by atoms with Crippen LogP contribution in [0.5, 0.6) is 0 Å². The van der Waals surface area contributed by atoms with Crippen molar-refractivity contribution in [1.29, 1.82) is 0 Å². The van der Waals surface area contributed by atoms with Crippen LogP contribution in [-0.2, 0) is 0 Å². The fraction of sp³-hybridized carbons (Fsp3) is 0.182. The zero-order valence-corrected chi connectivity index (χ0v) is 7.59. The van der Waals surface area contributed by atoms with E-state index in [1.165, 1.54) is 5.56 Å². The van der Waals surface area contributed by atoms with Gasteiger partial charge in [-0.3, -0.25) is 4.98 Å². The van der Waals surface area contributed by atoms with Gasteiger partial charge in [0.25, 0.3) is 0 Å². The fourth-order valence-corrected chi connectivity index (χ4v) is 1.30. The largest absolute Gasteiger partial charge is 0.253 e. The normalized spacial score (nSPS) is 9.50. The van der Waals surface area contributed by atoms with Gasteiger partial charge >= 0.3 is 0 Å². The van der Waals surface area contributed by atoms with E-state index in [0.717, 1.165) is 17.0 Å². The Morgan fingerprint density at radius 3 is 2.42 bits per heavy atom. The predicted molar refractivity (Wildman–Crippen MR) is 53.9 cm³/mol. The van der Waals surface area contributed by atoms with Gasteiger partial charge in [0, 0.05) is 11.3 Å². The molecule has 0 aromatic carbocycles. The van der Waals surface area contributed by atoms with Crippen molar-refractivity contribution < 1.29 is 0 Å². The fourth-order valence-electron chi connectivity index (χ4n) is 1.30. The summed E-state index contributed by atoms with van der Waals surface area (Å²) in [6.07, 6.45) is 3.58. The Morgan fingerprint density at radius 1 is 1.25 bits per heavy atom. The Balaban J connectivity index is 3.43. The molecule has 1 rings (SSSR count). The molecular formula is C11H13N. The molecule has 0 N–H and O–H groups in total. The standard InChI is InChI=1S/C11H13N/c1-5-10-8(3)7-9(4)12-11(10)6-2/h5-7H,1-2H2,3-4H3. The van der Waals surface area contributed by atoms with Crippen LogP contribution in [0.1, 0.15) is 22.5 Å². The molecule has 0 spiro atoms. The monoisotopic (exact) mass is 159 g/mol. The SMILES string of the molecule is C=Cc1nc(C)cc(C)c1C=C. The van der Waals surface area contributed by atoms with Gasteiger partial charge in [0.1, 0.15) is 0 Å². The van der Waals surface area contributed by atoms with Crippen molar-refractivity contribution in [2.75, 3.05) is 0 Å². The van der Waals surface area contributed by atoms with E-state index in [0.29, 0.717) is 0 Å². The summed E-state index contributed by atoms with van der Waals surface area (Å²) >= 11 is 0. The van der Waals surface area contributed by atoms with Crippen molar-refractivity contribution in [3.05, 3.63) is 41.7 Å². The summed E-state index contributed by atoms with van der Waals surface area (Å²) in [5.41, 5.74) is 4.22. The Labute approximate surface area is 73.5 Å². The number of pyridine rings is 1. The molecule has 0 saturated carbocycles. The van der Waals surface area contributed by atoms with Crippen molar-refractivity contribution >= 4 is 12.2 Å². The molecule has 62 valence electrons. The second-order valence-electron chi connectivity index (χ2n) is 2.79. The van der Waals surface area contributed by atoms with Gasteiger partial charge in [-0.2, -0.15) is 0 Å². The molecule has 0 aliphatic heterocycles. The number of aromatic nitrogens is 1. The van der Waals surface area contributed by atoms with Crippen molar-refractivity contribution in [3.63, 3.8) is 0 Å². The summed E-state index contributed by atoms with van der Waals surface area (Å²) in [6.45, 7) is 11.5. The third kappa shape index (κ3) is 1.45. The molecule has 12 heavy (non-hydrogen) atoms. The third-order valence-corrected chi connectivity index (χ3v) is 1.82. The van der Waals surface area contributed by atoms with E-state index in [1.807, 2.05) is 19.1 Å². The molecule has 0 fully saturated rings. The summed E-state index contributed by atoms with van der Waals surface area (Å²) in [7, 11) is 0. The first kappa shape index (κ1) is 8.72. The number of nitrogens with zero attached hydrogens (tertiary/aromatic N) is 1. The Morgan fingerprint density at radius 2 is 1.92 bits per heavy atom. The lowest BCUT2D eigenvalue weighted by Crippen LogP contribution is -1.93. The Kier molecular flexibility index (Phi) is 2.44. The maximum atomic E-state index is 4.33. The first-order valence-corrected chi connectivity index (χ1v) is 3.92. The van der Waals surface area contributed by atoms with Gasteiger partial charge < -0.3 is 0 Å². The minimum atomic E-state index is 0.919. The van der Waals surface area contributed by atoms with E-state index in [9.17, 15) is 0 Å². The van der Waals surface area contributed by atoms with Gasteiger partial charge in [-0.1, -0.05) is 19.2 Å². The number of rotatable bonds is 2. The van der Waals surface area contributed by atoms with E-state index < -0.39 is 0 Å². The third-order valence-electron chi connectivity index (χ3n) is 1.82. The van der Waals surface area contributed by atoms with Crippen LogP contribution < -0.4 is 0 Å². The van der Waals surface area contributed by atoms with Gasteiger partial charge in [-0.05, 0) is 31.6 Å². The van der Waals surface area contributed by atoms with E-state index >= 15 is 0 Å². The molecular weight excluding hydrogens is 146 g/mol. The molecule has 1 nitrogen and oxygen atoms in total. The van der Waals surface area contributed by atoms with Crippen LogP contribution in [0.15, 0.2) is 19.2 Å². The molecule has 1 aromatic rings. The molecule has 0 unspecified atom stereocenters.